The zero-order valence-corrected chi connectivity index (χ0v) is 15.7. The van der Waals surface area contributed by atoms with E-state index in [2.05, 4.69) is 12.2 Å². The number of cyclic esters (lactones) is 1. The maximum Gasteiger partial charge on any atom is 0.308 e. The molecule has 0 radical (unpaired) electrons. The minimum absolute atomic E-state index is 0.183. The Kier molecular flexibility index (Phi) is 8.12. The molecule has 0 saturated carbocycles. The first-order valence-electron chi connectivity index (χ1n) is 9.00. The summed E-state index contributed by atoms with van der Waals surface area (Å²) in [6.07, 6.45) is -0.268. The monoisotopic (exact) mass is 345 g/mol. The molecule has 1 aliphatic rings. The average molecular weight is 345 g/mol. The minimum Gasteiger partial charge on any atom is -0.463 e. The average Bonchev–Trinajstić information content (AvgIpc) is 2.46. The van der Waals surface area contributed by atoms with Crippen molar-refractivity contribution in [1.29, 1.82) is 0 Å². The molecular formula is C18H35NO5. The van der Waals surface area contributed by atoms with Crippen LogP contribution in [-0.4, -0.2) is 58.3 Å². The van der Waals surface area contributed by atoms with Crippen molar-refractivity contribution in [3.8, 4) is 0 Å². The lowest BCUT2D eigenvalue weighted by atomic mass is 9.82. The van der Waals surface area contributed by atoms with Crippen LogP contribution in [0.2, 0.25) is 0 Å². The Morgan fingerprint density at radius 2 is 1.71 bits per heavy atom. The first-order chi connectivity index (χ1) is 11.0. The summed E-state index contributed by atoms with van der Waals surface area (Å²) >= 11 is 0. The molecule has 1 fully saturated rings. The Morgan fingerprint density at radius 1 is 1.12 bits per heavy atom. The van der Waals surface area contributed by atoms with Crippen LogP contribution in [0.5, 0.6) is 0 Å². The lowest BCUT2D eigenvalue weighted by Crippen LogP contribution is -2.47. The Balaban J connectivity index is 2.84. The summed E-state index contributed by atoms with van der Waals surface area (Å²) in [6.45, 7) is 9.91. The second-order valence-corrected chi connectivity index (χ2v) is 8.14. The molecule has 6 heteroatoms. The Morgan fingerprint density at radius 3 is 2.33 bits per heavy atom. The van der Waals surface area contributed by atoms with Crippen LogP contribution in [0.3, 0.4) is 0 Å². The van der Waals surface area contributed by atoms with Crippen molar-refractivity contribution in [3.05, 3.63) is 0 Å². The van der Waals surface area contributed by atoms with Crippen molar-refractivity contribution in [1.82, 2.24) is 5.32 Å². The molecule has 0 aliphatic carbocycles. The number of aliphatic hydroxyl groups excluding tert-OH is 2. The molecule has 0 aromatic rings. The van der Waals surface area contributed by atoms with Crippen LogP contribution in [0, 0.1) is 17.8 Å². The molecule has 0 aromatic heterocycles. The minimum atomic E-state index is -1.12. The summed E-state index contributed by atoms with van der Waals surface area (Å²) < 4.78 is 5.14. The van der Waals surface area contributed by atoms with E-state index in [1.165, 1.54) is 0 Å². The second kappa shape index (κ2) is 9.13. The van der Waals surface area contributed by atoms with Crippen molar-refractivity contribution in [2.24, 2.45) is 17.8 Å². The van der Waals surface area contributed by atoms with Crippen LogP contribution in [0.4, 0.5) is 0 Å². The topological polar surface area (TPSA) is 99.0 Å². The predicted octanol–water partition coefficient (Wildman–Crippen LogP) is 1.07. The number of aliphatic hydroxyl groups is 3. The van der Waals surface area contributed by atoms with E-state index in [0.29, 0.717) is 25.8 Å². The van der Waals surface area contributed by atoms with Gasteiger partial charge in [-0.1, -0.05) is 20.8 Å². The quantitative estimate of drug-likeness (QED) is 0.490. The van der Waals surface area contributed by atoms with Gasteiger partial charge in [0.05, 0.1) is 17.6 Å². The smallest absolute Gasteiger partial charge is 0.308 e. The molecule has 1 rings (SSSR count). The van der Waals surface area contributed by atoms with Crippen molar-refractivity contribution >= 4 is 5.97 Å². The molecular weight excluding hydrogens is 310 g/mol. The molecule has 1 aliphatic heterocycles. The molecule has 0 aromatic carbocycles. The van der Waals surface area contributed by atoms with Crippen LogP contribution >= 0.6 is 0 Å². The third-order valence-corrected chi connectivity index (χ3v) is 4.83. The first-order valence-corrected chi connectivity index (χ1v) is 9.00. The third-order valence-electron chi connectivity index (χ3n) is 4.83. The molecule has 7 atom stereocenters. The fraction of sp³-hybridized carbons (Fsp3) is 0.944. The Bertz CT molecular complexity index is 401. The summed E-state index contributed by atoms with van der Waals surface area (Å²) in [6, 6.07) is -0.340. The van der Waals surface area contributed by atoms with Crippen LogP contribution in [0.25, 0.3) is 0 Å². The largest absolute Gasteiger partial charge is 0.463 e. The van der Waals surface area contributed by atoms with Gasteiger partial charge in [0.15, 0.2) is 0 Å². The molecule has 0 bridgehead atoms. The SMILES string of the molecule is CC1C[C@H](C)C[C@](C)(O)C[C@@H](C)CNC(C)C(O)C(O)COC1=O. The third kappa shape index (κ3) is 7.05. The number of esters is 1. The highest BCUT2D eigenvalue weighted by Gasteiger charge is 2.30. The summed E-state index contributed by atoms with van der Waals surface area (Å²) in [5.74, 6) is -0.281. The maximum atomic E-state index is 12.1. The van der Waals surface area contributed by atoms with Gasteiger partial charge in [-0.05, 0) is 51.5 Å². The van der Waals surface area contributed by atoms with Gasteiger partial charge in [0, 0.05) is 6.04 Å². The molecule has 0 amide bonds. The fourth-order valence-corrected chi connectivity index (χ4v) is 3.69. The van der Waals surface area contributed by atoms with Crippen molar-refractivity contribution < 1.29 is 24.9 Å². The van der Waals surface area contributed by atoms with Gasteiger partial charge in [-0.3, -0.25) is 4.79 Å². The highest BCUT2D eigenvalue weighted by atomic mass is 16.5. The van der Waals surface area contributed by atoms with E-state index in [-0.39, 0.29) is 36.4 Å². The van der Waals surface area contributed by atoms with E-state index in [1.807, 2.05) is 13.8 Å². The lowest BCUT2D eigenvalue weighted by Gasteiger charge is -2.31. The van der Waals surface area contributed by atoms with Gasteiger partial charge >= 0.3 is 5.97 Å². The van der Waals surface area contributed by atoms with Gasteiger partial charge in [0.1, 0.15) is 12.7 Å². The number of carbonyl (C=O) groups is 1. The molecule has 142 valence electrons. The molecule has 1 heterocycles. The second-order valence-electron chi connectivity index (χ2n) is 8.14. The van der Waals surface area contributed by atoms with Crippen LogP contribution < -0.4 is 5.32 Å². The number of hydrogen-bond acceptors (Lipinski definition) is 6. The van der Waals surface area contributed by atoms with Gasteiger partial charge in [-0.25, -0.2) is 0 Å². The standard InChI is InChI=1S/C18H35NO5/c1-11-6-13(3)17(22)24-10-15(20)16(21)14(4)19-9-12(2)8-18(5,23)7-11/h11-16,19-21,23H,6-10H2,1-5H3/t11-,12+,13?,14?,15?,16?,18-/m0/s1. The molecule has 4 unspecified atom stereocenters. The van der Waals surface area contributed by atoms with Crippen molar-refractivity contribution in [2.45, 2.75) is 77.7 Å². The number of carbonyl (C=O) groups excluding carboxylic acids is 1. The molecule has 0 spiro atoms. The van der Waals surface area contributed by atoms with E-state index < -0.39 is 17.8 Å². The van der Waals surface area contributed by atoms with E-state index in [9.17, 15) is 20.1 Å². The van der Waals surface area contributed by atoms with Gasteiger partial charge in [0.25, 0.3) is 0 Å². The molecule has 4 N–H and O–H groups in total. The summed E-state index contributed by atoms with van der Waals surface area (Å²) in [7, 11) is 0. The summed E-state index contributed by atoms with van der Waals surface area (Å²) in [4.78, 5) is 12.1. The maximum absolute atomic E-state index is 12.1. The zero-order valence-electron chi connectivity index (χ0n) is 15.7. The lowest BCUT2D eigenvalue weighted by molar-refractivity contribution is -0.154. The van der Waals surface area contributed by atoms with Gasteiger partial charge in [0.2, 0.25) is 0 Å². The first kappa shape index (κ1) is 21.4. The highest BCUT2D eigenvalue weighted by molar-refractivity contribution is 5.71. The number of rotatable bonds is 0. The van der Waals surface area contributed by atoms with Crippen LogP contribution in [-0.2, 0) is 9.53 Å². The number of ether oxygens (including phenoxy) is 1. The number of hydrogen-bond donors (Lipinski definition) is 4. The summed E-state index contributed by atoms with van der Waals surface area (Å²) in [5.41, 5.74) is -0.800. The molecule has 1 saturated heterocycles. The van der Waals surface area contributed by atoms with E-state index in [4.69, 9.17) is 4.74 Å². The number of nitrogens with one attached hydrogen (secondary N) is 1. The van der Waals surface area contributed by atoms with Gasteiger partial charge in [-0.2, -0.15) is 0 Å². The molecule has 6 nitrogen and oxygen atoms in total. The normalized spacial score (nSPS) is 44.2. The summed E-state index contributed by atoms with van der Waals surface area (Å²) in [5, 5.41) is 34.0. The fourth-order valence-electron chi connectivity index (χ4n) is 3.69. The van der Waals surface area contributed by atoms with E-state index in [1.54, 1.807) is 13.8 Å². The van der Waals surface area contributed by atoms with Crippen LogP contribution in [0.1, 0.15) is 53.9 Å². The van der Waals surface area contributed by atoms with E-state index >= 15 is 0 Å². The van der Waals surface area contributed by atoms with Crippen molar-refractivity contribution in [3.63, 3.8) is 0 Å². The predicted molar refractivity (Wildman–Crippen MR) is 92.4 cm³/mol. The Labute approximate surface area is 145 Å². The molecule has 24 heavy (non-hydrogen) atoms. The van der Waals surface area contributed by atoms with E-state index in [0.717, 1.165) is 0 Å². The Hall–Kier alpha value is -0.690. The zero-order chi connectivity index (χ0) is 18.5. The van der Waals surface area contributed by atoms with Crippen molar-refractivity contribution in [2.75, 3.05) is 13.2 Å². The van der Waals surface area contributed by atoms with Crippen LogP contribution in [0.15, 0.2) is 0 Å². The van der Waals surface area contributed by atoms with Gasteiger partial charge in [-0.15, -0.1) is 0 Å². The van der Waals surface area contributed by atoms with Gasteiger partial charge < -0.3 is 25.4 Å². The highest BCUT2D eigenvalue weighted by Crippen LogP contribution is 2.28.